The Labute approximate surface area is 139 Å². The van der Waals surface area contributed by atoms with E-state index in [1.165, 1.54) is 57.8 Å². The summed E-state index contributed by atoms with van der Waals surface area (Å²) in [5, 5.41) is 0. The maximum Gasteiger partial charge on any atom is 1.00 e. The summed E-state index contributed by atoms with van der Waals surface area (Å²) in [6.07, 6.45) is 13.9. The SMILES string of the molecule is CCCCCCCCCCCCCOS(=O)[O-].[H-].[Na+]. The van der Waals surface area contributed by atoms with Gasteiger partial charge in [0.15, 0.2) is 0 Å². The Bertz CT molecular complexity index is 185. The molecule has 0 aromatic rings. The third-order valence-corrected chi connectivity index (χ3v) is 3.29. The topological polar surface area (TPSA) is 49.4 Å². The Morgan fingerprint density at radius 1 is 0.889 bits per heavy atom. The first-order valence-electron chi connectivity index (χ1n) is 7.00. The van der Waals surface area contributed by atoms with Crippen LogP contribution in [0.2, 0.25) is 0 Å². The molecule has 0 spiro atoms. The van der Waals surface area contributed by atoms with Crippen molar-refractivity contribution in [1.82, 2.24) is 0 Å². The second-order valence-electron chi connectivity index (χ2n) is 4.56. The van der Waals surface area contributed by atoms with Crippen molar-refractivity contribution >= 4 is 11.4 Å². The Kier molecular flexibility index (Phi) is 21.5. The van der Waals surface area contributed by atoms with Gasteiger partial charge >= 0.3 is 29.6 Å². The molecule has 0 rings (SSSR count). The van der Waals surface area contributed by atoms with Gasteiger partial charge in [0.1, 0.15) is 0 Å². The van der Waals surface area contributed by atoms with Crippen molar-refractivity contribution in [3.63, 3.8) is 0 Å². The molecule has 0 aliphatic heterocycles. The number of unbranched alkanes of at least 4 members (excludes halogenated alkanes) is 10. The summed E-state index contributed by atoms with van der Waals surface area (Å²) >= 11 is -2.33. The fourth-order valence-electron chi connectivity index (χ4n) is 1.89. The summed E-state index contributed by atoms with van der Waals surface area (Å²) in [7, 11) is 0. The maximum absolute atomic E-state index is 10.1. The molecule has 0 bridgehead atoms. The zero-order valence-corrected chi connectivity index (χ0v) is 14.9. The zero-order chi connectivity index (χ0) is 12.8. The van der Waals surface area contributed by atoms with Crippen LogP contribution >= 0.6 is 0 Å². The summed E-state index contributed by atoms with van der Waals surface area (Å²) < 4.78 is 24.6. The van der Waals surface area contributed by atoms with Crippen LogP contribution in [-0.2, 0) is 15.5 Å². The molecule has 1 unspecified atom stereocenters. The van der Waals surface area contributed by atoms with E-state index in [9.17, 15) is 8.76 Å². The van der Waals surface area contributed by atoms with E-state index in [-0.39, 0.29) is 31.0 Å². The van der Waals surface area contributed by atoms with Gasteiger partial charge in [-0.1, -0.05) is 71.1 Å². The number of rotatable bonds is 13. The maximum atomic E-state index is 10.1. The summed E-state index contributed by atoms with van der Waals surface area (Å²) in [4.78, 5) is 0. The van der Waals surface area contributed by atoms with Crippen molar-refractivity contribution in [2.75, 3.05) is 6.61 Å². The van der Waals surface area contributed by atoms with Crippen molar-refractivity contribution in [2.45, 2.75) is 77.6 Å². The van der Waals surface area contributed by atoms with Crippen LogP contribution < -0.4 is 29.6 Å². The first-order chi connectivity index (χ1) is 8.27. The van der Waals surface area contributed by atoms with Crippen molar-refractivity contribution in [2.24, 2.45) is 0 Å². The molecule has 0 N–H and O–H groups in total. The van der Waals surface area contributed by atoms with Gasteiger partial charge < -0.3 is 10.2 Å². The molecular formula is C13H28NaO3S-. The van der Waals surface area contributed by atoms with Crippen molar-refractivity contribution < 1.29 is 43.9 Å². The van der Waals surface area contributed by atoms with Gasteiger partial charge in [-0.2, -0.15) is 0 Å². The fourth-order valence-corrected chi connectivity index (χ4v) is 2.15. The van der Waals surface area contributed by atoms with Gasteiger partial charge in [-0.25, -0.2) is 4.21 Å². The molecule has 0 saturated heterocycles. The van der Waals surface area contributed by atoms with Gasteiger partial charge in [0.2, 0.25) is 0 Å². The molecule has 1 atom stereocenters. The fraction of sp³-hybridized carbons (Fsp3) is 1.00. The van der Waals surface area contributed by atoms with Gasteiger partial charge in [0.25, 0.3) is 0 Å². The molecule has 0 fully saturated rings. The van der Waals surface area contributed by atoms with E-state index in [1.807, 2.05) is 0 Å². The van der Waals surface area contributed by atoms with Crippen LogP contribution in [0.15, 0.2) is 0 Å². The van der Waals surface area contributed by atoms with Crippen LogP contribution in [0, 0.1) is 0 Å². The quantitative estimate of drug-likeness (QED) is 0.291. The smallest absolute Gasteiger partial charge is 1.00 e. The molecule has 3 nitrogen and oxygen atoms in total. The molecule has 0 aliphatic rings. The second-order valence-corrected chi connectivity index (χ2v) is 5.21. The van der Waals surface area contributed by atoms with E-state index in [0.29, 0.717) is 6.61 Å². The summed E-state index contributed by atoms with van der Waals surface area (Å²) in [6, 6.07) is 0. The molecule has 5 heteroatoms. The first kappa shape index (κ1) is 21.4. The summed E-state index contributed by atoms with van der Waals surface area (Å²) in [6.45, 7) is 2.58. The Balaban J connectivity index is -0.00000128. The van der Waals surface area contributed by atoms with E-state index >= 15 is 0 Å². The molecule has 0 aliphatic carbocycles. The standard InChI is InChI=1S/C13H28O3S.Na.H/c1-2-3-4-5-6-7-8-9-10-11-12-13-16-17(14)15;;/h2-13H2,1H3,(H,14,15);;/q;+1;-1/p-1. The molecule has 0 saturated carbocycles. The van der Waals surface area contributed by atoms with Crippen LogP contribution in [-0.4, -0.2) is 15.4 Å². The molecule has 0 amide bonds. The van der Waals surface area contributed by atoms with E-state index in [0.717, 1.165) is 12.8 Å². The Morgan fingerprint density at radius 2 is 1.28 bits per heavy atom. The number of hydrogen-bond acceptors (Lipinski definition) is 3. The van der Waals surface area contributed by atoms with Crippen LogP contribution in [0.1, 0.15) is 79.0 Å². The molecule has 18 heavy (non-hydrogen) atoms. The molecule has 0 aromatic heterocycles. The zero-order valence-electron chi connectivity index (χ0n) is 13.1. The van der Waals surface area contributed by atoms with Gasteiger partial charge in [-0.15, -0.1) is 0 Å². The minimum atomic E-state index is -2.33. The Morgan fingerprint density at radius 3 is 1.67 bits per heavy atom. The summed E-state index contributed by atoms with van der Waals surface area (Å²) in [5.74, 6) is 0. The van der Waals surface area contributed by atoms with E-state index in [1.54, 1.807) is 0 Å². The predicted molar refractivity (Wildman–Crippen MR) is 72.4 cm³/mol. The van der Waals surface area contributed by atoms with Crippen molar-refractivity contribution in [1.29, 1.82) is 0 Å². The minimum Gasteiger partial charge on any atom is -1.00 e. The van der Waals surface area contributed by atoms with Gasteiger partial charge in [-0.05, 0) is 6.42 Å². The number of hydrogen-bond donors (Lipinski definition) is 0. The summed E-state index contributed by atoms with van der Waals surface area (Å²) in [5.41, 5.74) is 0. The average molecular weight is 287 g/mol. The average Bonchev–Trinajstić information content (AvgIpc) is 2.30. The van der Waals surface area contributed by atoms with Gasteiger partial charge in [-0.3, -0.25) is 0 Å². The van der Waals surface area contributed by atoms with Crippen LogP contribution in [0.25, 0.3) is 0 Å². The van der Waals surface area contributed by atoms with Gasteiger partial charge in [0.05, 0.1) is 18.0 Å². The first-order valence-corrected chi connectivity index (χ1v) is 8.00. The molecule has 106 valence electrons. The molecule has 0 aromatic carbocycles. The van der Waals surface area contributed by atoms with Crippen LogP contribution in [0.4, 0.5) is 0 Å². The molecular weight excluding hydrogens is 259 g/mol. The Hall–Kier alpha value is 1.07. The van der Waals surface area contributed by atoms with Crippen LogP contribution in [0.5, 0.6) is 0 Å². The molecule has 0 radical (unpaired) electrons. The second kappa shape index (κ2) is 18.1. The van der Waals surface area contributed by atoms with Crippen molar-refractivity contribution in [3.8, 4) is 0 Å². The minimum absolute atomic E-state index is 0. The normalized spacial score (nSPS) is 12.1. The van der Waals surface area contributed by atoms with Crippen molar-refractivity contribution in [3.05, 3.63) is 0 Å². The van der Waals surface area contributed by atoms with E-state index in [4.69, 9.17) is 0 Å². The third kappa shape index (κ3) is 19.4. The van der Waals surface area contributed by atoms with Crippen LogP contribution in [0.3, 0.4) is 0 Å². The molecule has 0 heterocycles. The predicted octanol–water partition coefficient (Wildman–Crippen LogP) is 1.22. The van der Waals surface area contributed by atoms with E-state index in [2.05, 4.69) is 11.1 Å². The van der Waals surface area contributed by atoms with Gasteiger partial charge in [0, 0.05) is 0 Å². The third-order valence-electron chi connectivity index (χ3n) is 2.93. The largest absolute Gasteiger partial charge is 1.00 e. The monoisotopic (exact) mass is 287 g/mol. The van der Waals surface area contributed by atoms with E-state index < -0.39 is 11.4 Å².